The third kappa shape index (κ3) is 4.87. The molecule has 5 heteroatoms. The average Bonchev–Trinajstić information content (AvgIpc) is 2.36. The first-order chi connectivity index (χ1) is 8.69. The van der Waals surface area contributed by atoms with E-state index in [0.29, 0.717) is 6.04 Å². The van der Waals surface area contributed by atoms with Crippen LogP contribution in [-0.4, -0.2) is 36.3 Å². The smallest absolute Gasteiger partial charge is 0.132 e. The van der Waals surface area contributed by atoms with E-state index in [0.717, 1.165) is 43.5 Å². The van der Waals surface area contributed by atoms with E-state index >= 15 is 0 Å². The fourth-order valence-corrected chi connectivity index (χ4v) is 1.62. The Bertz CT molecular complexity index is 357. The number of hydrogen-bond acceptors (Lipinski definition) is 5. The SMILES string of the molecule is CCNc1cc(NC(C)CCOC)nc(CC)n1. The molecule has 1 rings (SSSR count). The molecule has 0 saturated carbocycles. The summed E-state index contributed by atoms with van der Waals surface area (Å²) in [5, 5.41) is 6.60. The molecule has 0 saturated heterocycles. The van der Waals surface area contributed by atoms with Crippen LogP contribution in [0.3, 0.4) is 0 Å². The number of anilines is 2. The van der Waals surface area contributed by atoms with Gasteiger partial charge in [-0.3, -0.25) is 0 Å². The Kier molecular flexibility index (Phi) is 6.43. The van der Waals surface area contributed by atoms with Crippen molar-refractivity contribution in [1.29, 1.82) is 0 Å². The van der Waals surface area contributed by atoms with Crippen LogP contribution in [-0.2, 0) is 11.2 Å². The lowest BCUT2D eigenvalue weighted by Gasteiger charge is -2.15. The second-order valence-corrected chi connectivity index (χ2v) is 4.27. The third-order valence-electron chi connectivity index (χ3n) is 2.60. The number of rotatable bonds is 8. The van der Waals surface area contributed by atoms with E-state index in [-0.39, 0.29) is 0 Å². The molecule has 18 heavy (non-hydrogen) atoms. The van der Waals surface area contributed by atoms with Gasteiger partial charge in [-0.1, -0.05) is 6.92 Å². The molecular formula is C13H24N4O. The van der Waals surface area contributed by atoms with Gasteiger partial charge in [0.05, 0.1) is 0 Å². The monoisotopic (exact) mass is 252 g/mol. The van der Waals surface area contributed by atoms with Crippen LogP contribution in [0.2, 0.25) is 0 Å². The minimum atomic E-state index is 0.332. The van der Waals surface area contributed by atoms with Gasteiger partial charge in [-0.05, 0) is 20.3 Å². The van der Waals surface area contributed by atoms with Crippen LogP contribution >= 0.6 is 0 Å². The molecule has 0 spiro atoms. The van der Waals surface area contributed by atoms with Crippen LogP contribution in [0, 0.1) is 0 Å². The van der Waals surface area contributed by atoms with E-state index in [2.05, 4.69) is 41.4 Å². The zero-order chi connectivity index (χ0) is 13.4. The summed E-state index contributed by atoms with van der Waals surface area (Å²) in [4.78, 5) is 8.90. The maximum absolute atomic E-state index is 5.07. The molecular weight excluding hydrogens is 228 g/mol. The first-order valence-electron chi connectivity index (χ1n) is 6.56. The second-order valence-electron chi connectivity index (χ2n) is 4.27. The zero-order valence-electron chi connectivity index (χ0n) is 11.8. The molecule has 1 aromatic heterocycles. The fraction of sp³-hybridized carbons (Fsp3) is 0.692. The van der Waals surface area contributed by atoms with Gasteiger partial charge >= 0.3 is 0 Å². The van der Waals surface area contributed by atoms with Gasteiger partial charge in [0.2, 0.25) is 0 Å². The van der Waals surface area contributed by atoms with Crippen LogP contribution in [0.15, 0.2) is 6.07 Å². The molecule has 0 aliphatic heterocycles. The van der Waals surface area contributed by atoms with Crippen molar-refractivity contribution in [2.75, 3.05) is 30.9 Å². The van der Waals surface area contributed by atoms with Crippen molar-refractivity contribution in [3.63, 3.8) is 0 Å². The molecule has 0 amide bonds. The molecule has 1 unspecified atom stereocenters. The lowest BCUT2D eigenvalue weighted by Crippen LogP contribution is -2.19. The van der Waals surface area contributed by atoms with E-state index in [4.69, 9.17) is 4.74 Å². The maximum atomic E-state index is 5.07. The molecule has 0 bridgehead atoms. The molecule has 102 valence electrons. The van der Waals surface area contributed by atoms with Crippen molar-refractivity contribution in [1.82, 2.24) is 9.97 Å². The van der Waals surface area contributed by atoms with Crippen LogP contribution in [0.4, 0.5) is 11.6 Å². The molecule has 0 aromatic carbocycles. The van der Waals surface area contributed by atoms with Gasteiger partial charge in [-0.15, -0.1) is 0 Å². The summed E-state index contributed by atoms with van der Waals surface area (Å²) in [6, 6.07) is 2.28. The van der Waals surface area contributed by atoms with Gasteiger partial charge in [0.25, 0.3) is 0 Å². The van der Waals surface area contributed by atoms with Crippen LogP contribution in [0.5, 0.6) is 0 Å². The number of ether oxygens (including phenoxy) is 1. The van der Waals surface area contributed by atoms with E-state index < -0.39 is 0 Å². The molecule has 2 N–H and O–H groups in total. The predicted molar refractivity (Wildman–Crippen MR) is 75.2 cm³/mol. The summed E-state index contributed by atoms with van der Waals surface area (Å²) in [7, 11) is 1.72. The Morgan fingerprint density at radius 2 is 2.00 bits per heavy atom. The van der Waals surface area contributed by atoms with Gasteiger partial charge in [0.1, 0.15) is 17.5 Å². The number of methoxy groups -OCH3 is 1. The summed E-state index contributed by atoms with van der Waals surface area (Å²) in [5.74, 6) is 2.61. The highest BCUT2D eigenvalue weighted by Crippen LogP contribution is 2.13. The van der Waals surface area contributed by atoms with E-state index in [9.17, 15) is 0 Å². The van der Waals surface area contributed by atoms with E-state index in [1.807, 2.05) is 6.07 Å². The largest absolute Gasteiger partial charge is 0.385 e. The molecule has 0 aliphatic carbocycles. The first-order valence-corrected chi connectivity index (χ1v) is 6.56. The standard InChI is InChI=1S/C13H24N4O/c1-5-11-16-12(14-6-2)9-13(17-11)15-10(3)7-8-18-4/h9-10H,5-8H2,1-4H3,(H2,14,15,16,17). The summed E-state index contributed by atoms with van der Waals surface area (Å²) in [5.41, 5.74) is 0. The minimum Gasteiger partial charge on any atom is -0.385 e. The van der Waals surface area contributed by atoms with Gasteiger partial charge in [-0.2, -0.15) is 0 Å². The van der Waals surface area contributed by atoms with Crippen molar-refractivity contribution < 1.29 is 4.74 Å². The summed E-state index contributed by atoms with van der Waals surface area (Å²) >= 11 is 0. The summed E-state index contributed by atoms with van der Waals surface area (Å²) in [6.07, 6.45) is 1.79. The van der Waals surface area contributed by atoms with Gasteiger partial charge in [-0.25, -0.2) is 9.97 Å². The van der Waals surface area contributed by atoms with Crippen molar-refractivity contribution >= 4 is 11.6 Å². The van der Waals surface area contributed by atoms with Crippen molar-refractivity contribution in [3.05, 3.63) is 11.9 Å². The topological polar surface area (TPSA) is 59.1 Å². The highest BCUT2D eigenvalue weighted by atomic mass is 16.5. The fourth-order valence-electron chi connectivity index (χ4n) is 1.62. The molecule has 0 aliphatic rings. The van der Waals surface area contributed by atoms with Crippen LogP contribution in [0.25, 0.3) is 0 Å². The molecule has 1 atom stereocenters. The number of nitrogens with zero attached hydrogens (tertiary/aromatic N) is 2. The summed E-state index contributed by atoms with van der Waals surface area (Å²) < 4.78 is 5.07. The Hall–Kier alpha value is -1.36. The first kappa shape index (κ1) is 14.7. The highest BCUT2D eigenvalue weighted by molar-refractivity contribution is 5.48. The number of hydrogen-bond donors (Lipinski definition) is 2. The van der Waals surface area contributed by atoms with Gasteiger partial charge in [0.15, 0.2) is 0 Å². The van der Waals surface area contributed by atoms with Crippen molar-refractivity contribution in [2.24, 2.45) is 0 Å². The Labute approximate surface area is 109 Å². The number of aryl methyl sites for hydroxylation is 1. The van der Waals surface area contributed by atoms with Gasteiger partial charge < -0.3 is 15.4 Å². The number of aromatic nitrogens is 2. The predicted octanol–water partition coefficient (Wildman–Crippen LogP) is 2.31. The molecule has 0 radical (unpaired) electrons. The van der Waals surface area contributed by atoms with E-state index in [1.54, 1.807) is 7.11 Å². The quantitative estimate of drug-likeness (QED) is 0.743. The highest BCUT2D eigenvalue weighted by Gasteiger charge is 2.06. The second kappa shape index (κ2) is 7.87. The Morgan fingerprint density at radius 1 is 1.28 bits per heavy atom. The van der Waals surface area contributed by atoms with Gasteiger partial charge in [0, 0.05) is 38.8 Å². The third-order valence-corrected chi connectivity index (χ3v) is 2.60. The molecule has 5 nitrogen and oxygen atoms in total. The minimum absolute atomic E-state index is 0.332. The Balaban J connectivity index is 2.71. The maximum Gasteiger partial charge on any atom is 0.132 e. The lowest BCUT2D eigenvalue weighted by atomic mass is 10.2. The molecule has 1 aromatic rings. The number of nitrogens with one attached hydrogen (secondary N) is 2. The van der Waals surface area contributed by atoms with Crippen LogP contribution < -0.4 is 10.6 Å². The molecule has 1 heterocycles. The average molecular weight is 252 g/mol. The summed E-state index contributed by atoms with van der Waals surface area (Å²) in [6.45, 7) is 7.85. The van der Waals surface area contributed by atoms with E-state index in [1.165, 1.54) is 0 Å². The molecule has 0 fully saturated rings. The lowest BCUT2D eigenvalue weighted by molar-refractivity contribution is 0.191. The van der Waals surface area contributed by atoms with Crippen molar-refractivity contribution in [3.8, 4) is 0 Å². The van der Waals surface area contributed by atoms with Crippen LogP contribution in [0.1, 0.15) is 33.0 Å². The zero-order valence-corrected chi connectivity index (χ0v) is 11.8. The van der Waals surface area contributed by atoms with Crippen molar-refractivity contribution in [2.45, 2.75) is 39.7 Å². The Morgan fingerprint density at radius 3 is 2.61 bits per heavy atom. The normalized spacial score (nSPS) is 12.2.